The first-order valence-electron chi connectivity index (χ1n) is 19.4. The first-order valence-corrected chi connectivity index (χ1v) is 19.4. The van der Waals surface area contributed by atoms with Gasteiger partial charge in [0, 0.05) is 44.1 Å². The molecule has 4 fully saturated rings. The number of fused-ring (bicyclic) bond motifs is 7. The molecule has 0 unspecified atom stereocenters. The fourth-order valence-corrected chi connectivity index (χ4v) is 11.7. The van der Waals surface area contributed by atoms with Gasteiger partial charge in [-0.2, -0.15) is 0 Å². The van der Waals surface area contributed by atoms with Crippen molar-refractivity contribution in [2.45, 2.75) is 37.5 Å². The van der Waals surface area contributed by atoms with Gasteiger partial charge in [-0.05, 0) is 103 Å². The Morgan fingerprint density at radius 2 is 1.00 bits per heavy atom. The molecule has 2 aromatic heterocycles. The number of nitrogens with zero attached hydrogens (tertiary/aromatic N) is 4. The highest BCUT2D eigenvalue weighted by atomic mass is 15.0. The Hall–Kier alpha value is -5.87. The minimum Gasteiger partial charge on any atom is -0.309 e. The van der Waals surface area contributed by atoms with E-state index in [1.54, 1.807) is 11.1 Å². The lowest BCUT2D eigenvalue weighted by Gasteiger charge is -2.61. The van der Waals surface area contributed by atoms with Crippen molar-refractivity contribution in [1.82, 2.24) is 19.5 Å². The van der Waals surface area contributed by atoms with Crippen LogP contribution in [0, 0.1) is 23.7 Å². The van der Waals surface area contributed by atoms with E-state index < -0.39 is 0 Å². The summed E-state index contributed by atoms with van der Waals surface area (Å²) in [5.41, 5.74) is 12.9. The maximum atomic E-state index is 5.02. The lowest BCUT2D eigenvalue weighted by molar-refractivity contribution is -0.0399. The standard InChI is InChI=1S/C49H38N4/c1-3-11-32(12-4-1)46-50-47(33-13-5-2-6-14-33)52-48(51-46)34-19-21-37(22-20-34)53-43-18-10-8-15-38(43)39-23-24-42-44(45(39)53)40-16-7-9-17-41(40)49(42)35-26-30-25-31(28-35)29-36(49)27-30/h1-24,30-31,35-36H,25-29H2. The summed E-state index contributed by atoms with van der Waals surface area (Å²) in [6, 6.07) is 52.7. The van der Waals surface area contributed by atoms with E-state index in [0.29, 0.717) is 17.5 Å². The van der Waals surface area contributed by atoms with Crippen LogP contribution in [-0.2, 0) is 5.41 Å². The minimum absolute atomic E-state index is 0.129. The molecule has 53 heavy (non-hydrogen) atoms. The highest BCUT2D eigenvalue weighted by Crippen LogP contribution is 2.70. The van der Waals surface area contributed by atoms with Gasteiger partial charge in [0.2, 0.25) is 0 Å². The van der Waals surface area contributed by atoms with E-state index in [1.165, 1.54) is 65.0 Å². The smallest absolute Gasteiger partial charge is 0.164 e. The monoisotopic (exact) mass is 682 g/mol. The van der Waals surface area contributed by atoms with Gasteiger partial charge < -0.3 is 4.57 Å². The quantitative estimate of drug-likeness (QED) is 0.186. The van der Waals surface area contributed by atoms with E-state index in [9.17, 15) is 0 Å². The predicted molar refractivity (Wildman–Crippen MR) is 214 cm³/mol. The molecule has 254 valence electrons. The van der Waals surface area contributed by atoms with Crippen molar-refractivity contribution in [3.63, 3.8) is 0 Å². The van der Waals surface area contributed by atoms with Crippen LogP contribution in [0.3, 0.4) is 0 Å². The van der Waals surface area contributed by atoms with Gasteiger partial charge in [-0.3, -0.25) is 0 Å². The normalized spacial score (nSPS) is 23.5. The van der Waals surface area contributed by atoms with E-state index in [0.717, 1.165) is 46.0 Å². The second-order valence-corrected chi connectivity index (χ2v) is 16.0. The van der Waals surface area contributed by atoms with Gasteiger partial charge in [0.15, 0.2) is 17.5 Å². The number of rotatable bonds is 4. The first-order chi connectivity index (χ1) is 26.2. The lowest BCUT2D eigenvalue weighted by atomic mass is 9.43. The molecule has 1 spiro atoms. The zero-order valence-corrected chi connectivity index (χ0v) is 29.5. The number of benzene rings is 6. The fraction of sp³-hybridized carbons (Fsp3) is 0.204. The molecule has 0 aliphatic heterocycles. The van der Waals surface area contributed by atoms with Crippen LogP contribution in [0.1, 0.15) is 43.2 Å². The Morgan fingerprint density at radius 1 is 0.453 bits per heavy atom. The zero-order chi connectivity index (χ0) is 34.7. The molecule has 0 atom stereocenters. The highest BCUT2D eigenvalue weighted by Gasteiger charge is 2.61. The summed E-state index contributed by atoms with van der Waals surface area (Å²) in [6.07, 6.45) is 7.01. The van der Waals surface area contributed by atoms with Gasteiger partial charge in [0.1, 0.15) is 0 Å². The molecule has 6 aromatic carbocycles. The second-order valence-electron chi connectivity index (χ2n) is 16.0. The maximum absolute atomic E-state index is 5.02. The summed E-state index contributed by atoms with van der Waals surface area (Å²) in [5.74, 6) is 5.33. The van der Waals surface area contributed by atoms with E-state index in [1.807, 2.05) is 36.4 Å². The van der Waals surface area contributed by atoms with Crippen molar-refractivity contribution in [3.8, 4) is 51.0 Å². The van der Waals surface area contributed by atoms with Gasteiger partial charge in [-0.15, -0.1) is 0 Å². The van der Waals surface area contributed by atoms with E-state index in [-0.39, 0.29) is 5.41 Å². The third-order valence-corrected chi connectivity index (χ3v) is 13.4. The van der Waals surface area contributed by atoms with Crippen molar-refractivity contribution in [3.05, 3.63) is 157 Å². The summed E-state index contributed by atoms with van der Waals surface area (Å²) >= 11 is 0. The van der Waals surface area contributed by atoms with Crippen LogP contribution in [0.2, 0.25) is 0 Å². The third kappa shape index (κ3) is 4.15. The van der Waals surface area contributed by atoms with Crippen LogP contribution in [0.15, 0.2) is 146 Å². The van der Waals surface area contributed by atoms with Crippen LogP contribution in [-0.4, -0.2) is 19.5 Å². The average molecular weight is 683 g/mol. The second kappa shape index (κ2) is 11.1. The molecule has 8 aromatic rings. The van der Waals surface area contributed by atoms with Gasteiger partial charge in [-0.25, -0.2) is 15.0 Å². The van der Waals surface area contributed by atoms with Crippen molar-refractivity contribution in [2.24, 2.45) is 23.7 Å². The summed E-state index contributed by atoms with van der Waals surface area (Å²) in [7, 11) is 0. The molecule has 0 N–H and O–H groups in total. The van der Waals surface area contributed by atoms with Crippen LogP contribution in [0.5, 0.6) is 0 Å². The van der Waals surface area contributed by atoms with Crippen molar-refractivity contribution in [1.29, 1.82) is 0 Å². The van der Waals surface area contributed by atoms with E-state index >= 15 is 0 Å². The molecule has 2 heterocycles. The third-order valence-electron chi connectivity index (χ3n) is 13.4. The summed E-state index contributed by atoms with van der Waals surface area (Å²) < 4.78 is 2.54. The largest absolute Gasteiger partial charge is 0.309 e. The molecule has 5 aliphatic carbocycles. The van der Waals surface area contributed by atoms with Gasteiger partial charge in [0.05, 0.1) is 11.0 Å². The van der Waals surface area contributed by atoms with Crippen LogP contribution in [0.25, 0.3) is 72.8 Å². The Balaban J connectivity index is 1.06. The van der Waals surface area contributed by atoms with Crippen molar-refractivity contribution < 1.29 is 0 Å². The molecule has 0 amide bonds. The molecule has 4 heteroatoms. The molecular formula is C49H38N4. The molecule has 4 nitrogen and oxygen atoms in total. The molecule has 4 saturated carbocycles. The van der Waals surface area contributed by atoms with Crippen LogP contribution < -0.4 is 0 Å². The van der Waals surface area contributed by atoms with Crippen molar-refractivity contribution in [2.75, 3.05) is 0 Å². The fourth-order valence-electron chi connectivity index (χ4n) is 11.7. The molecular weight excluding hydrogens is 645 g/mol. The van der Waals surface area contributed by atoms with E-state index in [4.69, 9.17) is 15.0 Å². The van der Waals surface area contributed by atoms with Gasteiger partial charge >= 0.3 is 0 Å². The number of aromatic nitrogens is 4. The summed E-state index contributed by atoms with van der Waals surface area (Å²) in [5, 5.41) is 2.63. The molecule has 5 aliphatic rings. The lowest BCUT2D eigenvalue weighted by Crippen LogP contribution is -2.55. The maximum Gasteiger partial charge on any atom is 0.164 e. The van der Waals surface area contributed by atoms with Crippen molar-refractivity contribution >= 4 is 21.8 Å². The molecule has 13 rings (SSSR count). The predicted octanol–water partition coefficient (Wildman–Crippen LogP) is 11.7. The number of para-hydroxylation sites is 1. The Labute approximate surface area is 309 Å². The average Bonchev–Trinajstić information content (AvgIpc) is 3.71. The Bertz CT molecular complexity index is 2640. The SMILES string of the molecule is c1ccc(-c2nc(-c3ccccc3)nc(-c3ccc(-n4c5ccccc5c5ccc6c(c54)-c4ccccc4C64C5CC6CC(C5)CC4C6)cc3)n2)cc1. The number of hydrogen-bond acceptors (Lipinski definition) is 3. The number of hydrogen-bond donors (Lipinski definition) is 0. The Morgan fingerprint density at radius 3 is 1.64 bits per heavy atom. The molecule has 0 radical (unpaired) electrons. The topological polar surface area (TPSA) is 43.6 Å². The van der Waals surface area contributed by atoms with Gasteiger partial charge in [-0.1, -0.05) is 115 Å². The van der Waals surface area contributed by atoms with Crippen LogP contribution >= 0.6 is 0 Å². The zero-order valence-electron chi connectivity index (χ0n) is 29.5. The Kier molecular flexibility index (Phi) is 6.20. The van der Waals surface area contributed by atoms with E-state index in [2.05, 4.69) is 114 Å². The molecule has 4 bridgehead atoms. The first kappa shape index (κ1) is 29.7. The minimum atomic E-state index is 0.129. The highest BCUT2D eigenvalue weighted by molar-refractivity contribution is 6.15. The summed E-state index contributed by atoms with van der Waals surface area (Å²) in [4.78, 5) is 15.0. The molecule has 0 saturated heterocycles. The summed E-state index contributed by atoms with van der Waals surface area (Å²) in [6.45, 7) is 0. The van der Waals surface area contributed by atoms with Gasteiger partial charge in [0.25, 0.3) is 0 Å². The van der Waals surface area contributed by atoms with Crippen LogP contribution in [0.4, 0.5) is 0 Å².